The standard InChI is InChI=1S/C28H35FN2O7S/c1-36-24-10-12-25(13-11-24)39(34,35)31(14-16-32)15-17-37-27-19-21(20-6-8-22(29)9-7-20)18-26(38-27)28(33)30-23-4-2-3-5-23/h6-13,18,21,23,27,32H,2-5,14-17,19H2,1H3,(H,30,33)/t21-,27+/m1/s1. The van der Waals surface area contributed by atoms with Crippen molar-refractivity contribution in [2.24, 2.45) is 0 Å². The molecular weight excluding hydrogens is 527 g/mol. The summed E-state index contributed by atoms with van der Waals surface area (Å²) in [6, 6.07) is 12.1. The van der Waals surface area contributed by atoms with Crippen LogP contribution in [-0.2, 0) is 24.3 Å². The second kappa shape index (κ2) is 13.4. The van der Waals surface area contributed by atoms with E-state index in [0.717, 1.165) is 35.6 Å². The number of nitrogens with zero attached hydrogens (tertiary/aromatic N) is 1. The van der Waals surface area contributed by atoms with Gasteiger partial charge in [0.15, 0.2) is 5.76 Å². The molecule has 0 spiro atoms. The van der Waals surface area contributed by atoms with Crippen molar-refractivity contribution in [3.05, 3.63) is 71.7 Å². The Hall–Kier alpha value is -2.99. The third kappa shape index (κ3) is 7.57. The number of carbonyl (C=O) groups excluding carboxylic acids is 1. The molecule has 1 aliphatic carbocycles. The van der Waals surface area contributed by atoms with Crippen LogP contribution in [0.5, 0.6) is 5.75 Å². The molecule has 212 valence electrons. The molecule has 0 aromatic heterocycles. The number of sulfonamides is 1. The molecule has 1 fully saturated rings. The second-order valence-electron chi connectivity index (χ2n) is 9.60. The lowest BCUT2D eigenvalue weighted by Crippen LogP contribution is -2.39. The molecule has 1 heterocycles. The number of benzene rings is 2. The highest BCUT2D eigenvalue weighted by Gasteiger charge is 2.31. The number of amides is 1. The molecule has 1 saturated carbocycles. The lowest BCUT2D eigenvalue weighted by Gasteiger charge is -2.30. The van der Waals surface area contributed by atoms with Crippen LogP contribution in [0.25, 0.3) is 0 Å². The van der Waals surface area contributed by atoms with Gasteiger partial charge in [0.2, 0.25) is 16.3 Å². The zero-order valence-corrected chi connectivity index (χ0v) is 22.7. The van der Waals surface area contributed by atoms with Crippen molar-refractivity contribution in [1.29, 1.82) is 0 Å². The van der Waals surface area contributed by atoms with Crippen LogP contribution in [0.3, 0.4) is 0 Å². The molecule has 2 aromatic carbocycles. The predicted octanol–water partition coefficient (Wildman–Crippen LogP) is 3.31. The maximum absolute atomic E-state index is 13.5. The predicted molar refractivity (Wildman–Crippen MR) is 142 cm³/mol. The van der Waals surface area contributed by atoms with Crippen LogP contribution in [-0.4, -0.2) is 69.5 Å². The van der Waals surface area contributed by atoms with Gasteiger partial charge in [-0.1, -0.05) is 25.0 Å². The number of halogens is 1. The number of hydrogen-bond donors (Lipinski definition) is 2. The molecule has 0 radical (unpaired) electrons. The molecule has 39 heavy (non-hydrogen) atoms. The van der Waals surface area contributed by atoms with Gasteiger partial charge in [-0.3, -0.25) is 4.79 Å². The highest BCUT2D eigenvalue weighted by molar-refractivity contribution is 7.89. The van der Waals surface area contributed by atoms with Gasteiger partial charge < -0.3 is 24.6 Å². The normalized spacial score (nSPS) is 19.9. The third-order valence-corrected chi connectivity index (χ3v) is 8.87. The molecule has 0 saturated heterocycles. The number of aliphatic hydroxyl groups is 1. The Balaban J connectivity index is 1.44. The monoisotopic (exact) mass is 562 g/mol. The maximum atomic E-state index is 13.5. The quantitative estimate of drug-likeness (QED) is 0.408. The Morgan fingerprint density at radius 3 is 2.44 bits per heavy atom. The smallest absolute Gasteiger partial charge is 0.286 e. The van der Waals surface area contributed by atoms with Gasteiger partial charge in [-0.2, -0.15) is 4.31 Å². The highest BCUT2D eigenvalue weighted by atomic mass is 32.2. The van der Waals surface area contributed by atoms with Crippen molar-refractivity contribution in [2.75, 3.05) is 33.4 Å². The van der Waals surface area contributed by atoms with Crippen LogP contribution in [0.2, 0.25) is 0 Å². The first-order chi connectivity index (χ1) is 18.8. The van der Waals surface area contributed by atoms with Crippen molar-refractivity contribution in [2.45, 2.75) is 55.2 Å². The van der Waals surface area contributed by atoms with Gasteiger partial charge in [-0.25, -0.2) is 12.8 Å². The van der Waals surface area contributed by atoms with E-state index < -0.39 is 16.3 Å². The van der Waals surface area contributed by atoms with E-state index in [9.17, 15) is 22.7 Å². The number of rotatable bonds is 12. The molecule has 2 aromatic rings. The van der Waals surface area contributed by atoms with E-state index in [2.05, 4.69) is 5.32 Å². The van der Waals surface area contributed by atoms with Gasteiger partial charge in [0.1, 0.15) is 11.6 Å². The fourth-order valence-electron chi connectivity index (χ4n) is 4.83. The van der Waals surface area contributed by atoms with Crippen LogP contribution < -0.4 is 10.1 Å². The first-order valence-corrected chi connectivity index (χ1v) is 14.6. The lowest BCUT2D eigenvalue weighted by atomic mass is 9.93. The lowest BCUT2D eigenvalue weighted by molar-refractivity contribution is -0.146. The Morgan fingerprint density at radius 1 is 1.10 bits per heavy atom. The minimum absolute atomic E-state index is 0.0340. The van der Waals surface area contributed by atoms with Gasteiger partial charge in [-0.05, 0) is 60.9 Å². The average Bonchev–Trinajstić information content (AvgIpc) is 3.46. The second-order valence-corrected chi connectivity index (χ2v) is 11.5. The summed E-state index contributed by atoms with van der Waals surface area (Å²) in [5.74, 6) is -0.289. The van der Waals surface area contributed by atoms with Gasteiger partial charge in [0, 0.05) is 31.5 Å². The van der Waals surface area contributed by atoms with Crippen molar-refractivity contribution in [3.8, 4) is 5.75 Å². The van der Waals surface area contributed by atoms with E-state index in [0.29, 0.717) is 12.2 Å². The number of aliphatic hydroxyl groups excluding tert-OH is 1. The van der Waals surface area contributed by atoms with E-state index in [1.165, 1.54) is 31.4 Å². The van der Waals surface area contributed by atoms with Crippen molar-refractivity contribution < 1.29 is 36.9 Å². The summed E-state index contributed by atoms with van der Waals surface area (Å²) in [5.41, 5.74) is 0.809. The van der Waals surface area contributed by atoms with E-state index >= 15 is 0 Å². The number of ether oxygens (including phenoxy) is 3. The Bertz CT molecular complexity index is 1230. The van der Waals surface area contributed by atoms with E-state index in [1.54, 1.807) is 30.3 Å². The SMILES string of the molecule is COc1ccc(S(=O)(=O)N(CCO)CCO[C@@H]2C[C@H](c3ccc(F)cc3)C=C(C(=O)NC3CCCC3)O2)cc1. The Labute approximate surface area is 228 Å². The van der Waals surface area contributed by atoms with Crippen LogP contribution >= 0.6 is 0 Å². The number of hydrogen-bond acceptors (Lipinski definition) is 7. The van der Waals surface area contributed by atoms with Crippen molar-refractivity contribution in [1.82, 2.24) is 9.62 Å². The third-order valence-electron chi connectivity index (χ3n) is 6.96. The molecule has 1 amide bonds. The zero-order valence-electron chi connectivity index (χ0n) is 21.9. The summed E-state index contributed by atoms with van der Waals surface area (Å²) < 4.78 is 57.9. The zero-order chi connectivity index (χ0) is 27.8. The molecule has 9 nitrogen and oxygen atoms in total. The number of carbonyl (C=O) groups is 1. The Morgan fingerprint density at radius 2 is 1.79 bits per heavy atom. The number of nitrogens with one attached hydrogen (secondary N) is 1. The fourth-order valence-corrected chi connectivity index (χ4v) is 6.25. The molecule has 2 atom stereocenters. The van der Waals surface area contributed by atoms with Gasteiger partial charge in [0.05, 0.1) is 25.2 Å². The first kappa shape index (κ1) is 29.0. The molecule has 4 rings (SSSR count). The van der Waals surface area contributed by atoms with Gasteiger partial charge >= 0.3 is 0 Å². The maximum Gasteiger partial charge on any atom is 0.286 e. The summed E-state index contributed by atoms with van der Waals surface area (Å²) in [6.07, 6.45) is 5.24. The summed E-state index contributed by atoms with van der Waals surface area (Å²) in [7, 11) is -2.41. The summed E-state index contributed by atoms with van der Waals surface area (Å²) in [6.45, 7) is -0.552. The van der Waals surface area contributed by atoms with E-state index in [-0.39, 0.29) is 60.6 Å². The van der Waals surface area contributed by atoms with Crippen molar-refractivity contribution in [3.63, 3.8) is 0 Å². The first-order valence-electron chi connectivity index (χ1n) is 13.1. The molecule has 2 N–H and O–H groups in total. The molecule has 1 aliphatic heterocycles. The van der Waals surface area contributed by atoms with E-state index in [4.69, 9.17) is 14.2 Å². The Kier molecular flexibility index (Phi) is 9.95. The summed E-state index contributed by atoms with van der Waals surface area (Å²) >= 11 is 0. The van der Waals surface area contributed by atoms with Gasteiger partial charge in [-0.15, -0.1) is 0 Å². The van der Waals surface area contributed by atoms with Gasteiger partial charge in [0.25, 0.3) is 5.91 Å². The average molecular weight is 563 g/mol. The largest absolute Gasteiger partial charge is 0.497 e. The number of methoxy groups -OCH3 is 1. The van der Waals surface area contributed by atoms with E-state index in [1.807, 2.05) is 0 Å². The number of allylic oxidation sites excluding steroid dienone is 1. The highest BCUT2D eigenvalue weighted by Crippen LogP contribution is 2.32. The summed E-state index contributed by atoms with van der Waals surface area (Å²) in [5, 5.41) is 12.5. The van der Waals surface area contributed by atoms with Crippen LogP contribution in [0.15, 0.2) is 65.3 Å². The molecule has 2 aliphatic rings. The minimum Gasteiger partial charge on any atom is -0.497 e. The molecule has 0 bridgehead atoms. The fraction of sp³-hybridized carbons (Fsp3) is 0.464. The minimum atomic E-state index is -3.90. The van der Waals surface area contributed by atoms with Crippen molar-refractivity contribution >= 4 is 15.9 Å². The summed E-state index contributed by atoms with van der Waals surface area (Å²) in [4.78, 5) is 13.1. The molecule has 11 heteroatoms. The molecule has 0 unspecified atom stereocenters. The molecular formula is C28H35FN2O7S. The van der Waals surface area contributed by atoms with Crippen LogP contribution in [0.1, 0.15) is 43.6 Å². The topological polar surface area (TPSA) is 114 Å². The van der Waals surface area contributed by atoms with Crippen LogP contribution in [0.4, 0.5) is 4.39 Å². The van der Waals surface area contributed by atoms with Crippen LogP contribution in [0, 0.1) is 5.82 Å².